The molecular formula is C20H18N4O4S. The van der Waals surface area contributed by atoms with Crippen LogP contribution < -0.4 is 15.2 Å². The number of hydrogen-bond donors (Lipinski definition) is 2. The molecule has 0 saturated carbocycles. The molecule has 0 aromatic heterocycles. The lowest BCUT2D eigenvalue weighted by Crippen LogP contribution is -2.14. The minimum absolute atomic E-state index is 0.0851. The number of unbranched alkanes of at least 4 members (excludes halogenated alkanes) is 1. The van der Waals surface area contributed by atoms with Crippen molar-refractivity contribution in [2.45, 2.75) is 17.7 Å². The van der Waals surface area contributed by atoms with Crippen LogP contribution in [0.3, 0.4) is 0 Å². The number of nitrogens with two attached hydrogens (primary N) is 1. The van der Waals surface area contributed by atoms with Gasteiger partial charge in [0.15, 0.2) is 0 Å². The Morgan fingerprint density at radius 3 is 2.52 bits per heavy atom. The second-order valence-corrected chi connectivity index (χ2v) is 7.44. The van der Waals surface area contributed by atoms with E-state index >= 15 is 0 Å². The normalized spacial score (nSPS) is 11.2. The zero-order valence-electron chi connectivity index (χ0n) is 15.3. The summed E-state index contributed by atoms with van der Waals surface area (Å²) in [6, 6.07) is 16.0. The molecule has 1 amide bonds. The number of rotatable bonds is 8. The SMILES string of the molecule is N#CCCCOc1cccc(/C=C(/C#N)C(=O)Nc2ccc(S(N)(=O)=O)cc2)c1. The van der Waals surface area contributed by atoms with Gasteiger partial charge in [-0.2, -0.15) is 10.5 Å². The predicted molar refractivity (Wildman–Crippen MR) is 107 cm³/mol. The van der Waals surface area contributed by atoms with Gasteiger partial charge in [-0.05, 0) is 54.5 Å². The van der Waals surface area contributed by atoms with E-state index in [4.69, 9.17) is 15.1 Å². The molecular weight excluding hydrogens is 392 g/mol. The van der Waals surface area contributed by atoms with Crippen LogP contribution in [0.25, 0.3) is 6.08 Å². The van der Waals surface area contributed by atoms with Gasteiger partial charge in [0.05, 0.1) is 17.6 Å². The average Bonchev–Trinajstić information content (AvgIpc) is 2.69. The Kier molecular flexibility index (Phi) is 7.49. The molecule has 0 spiro atoms. The quantitative estimate of drug-likeness (QED) is 0.388. The van der Waals surface area contributed by atoms with E-state index in [9.17, 15) is 18.5 Å². The van der Waals surface area contributed by atoms with Crippen molar-refractivity contribution in [3.63, 3.8) is 0 Å². The number of carbonyl (C=O) groups excluding carboxylic acids is 1. The number of nitrogens with one attached hydrogen (secondary N) is 1. The maximum absolute atomic E-state index is 12.4. The summed E-state index contributed by atoms with van der Waals surface area (Å²) in [6.45, 7) is 0.390. The summed E-state index contributed by atoms with van der Waals surface area (Å²) in [5.41, 5.74) is 0.777. The van der Waals surface area contributed by atoms with Crippen LogP contribution in [0.15, 0.2) is 59.0 Å². The second-order valence-electron chi connectivity index (χ2n) is 5.88. The Morgan fingerprint density at radius 2 is 1.90 bits per heavy atom. The van der Waals surface area contributed by atoms with Gasteiger partial charge in [0, 0.05) is 12.1 Å². The molecule has 0 saturated heterocycles. The van der Waals surface area contributed by atoms with E-state index in [-0.39, 0.29) is 10.5 Å². The molecule has 0 aliphatic heterocycles. The highest BCUT2D eigenvalue weighted by Crippen LogP contribution is 2.18. The van der Waals surface area contributed by atoms with E-state index in [0.717, 1.165) is 0 Å². The summed E-state index contributed by atoms with van der Waals surface area (Å²) in [5.74, 6) is -0.0795. The zero-order valence-corrected chi connectivity index (χ0v) is 16.1. The summed E-state index contributed by atoms with van der Waals surface area (Å²) in [4.78, 5) is 12.3. The lowest BCUT2D eigenvalue weighted by Gasteiger charge is -2.07. The smallest absolute Gasteiger partial charge is 0.266 e. The van der Waals surface area contributed by atoms with Crippen molar-refractivity contribution in [2.75, 3.05) is 11.9 Å². The third kappa shape index (κ3) is 6.78. The number of amides is 1. The molecule has 2 aromatic carbocycles. The van der Waals surface area contributed by atoms with Gasteiger partial charge in [0.25, 0.3) is 5.91 Å². The first-order chi connectivity index (χ1) is 13.8. The standard InChI is InChI=1S/C20H18N4O4S/c21-10-1-2-11-28-18-5-3-4-15(13-18)12-16(14-22)20(25)24-17-6-8-19(9-7-17)29(23,26)27/h3-9,12-13H,1-2,11H2,(H,24,25)(H2,23,26,27)/b16-12-. The van der Waals surface area contributed by atoms with Crippen LogP contribution in [0.4, 0.5) is 5.69 Å². The Bertz CT molecular complexity index is 1090. The number of carbonyl (C=O) groups is 1. The van der Waals surface area contributed by atoms with Crippen LogP contribution in [0, 0.1) is 22.7 Å². The molecule has 148 valence electrons. The molecule has 3 N–H and O–H groups in total. The minimum Gasteiger partial charge on any atom is -0.494 e. The van der Waals surface area contributed by atoms with Crippen molar-refractivity contribution in [3.8, 4) is 17.9 Å². The van der Waals surface area contributed by atoms with Crippen molar-refractivity contribution in [2.24, 2.45) is 5.14 Å². The predicted octanol–water partition coefficient (Wildman–Crippen LogP) is 2.56. The lowest BCUT2D eigenvalue weighted by molar-refractivity contribution is -0.112. The second kappa shape index (κ2) is 10.0. The van der Waals surface area contributed by atoms with Crippen LogP contribution in [0.2, 0.25) is 0 Å². The van der Waals surface area contributed by atoms with Crippen LogP contribution in [0.1, 0.15) is 18.4 Å². The first-order valence-electron chi connectivity index (χ1n) is 8.49. The first-order valence-corrected chi connectivity index (χ1v) is 10.0. The highest BCUT2D eigenvalue weighted by Gasteiger charge is 2.11. The third-order valence-electron chi connectivity index (χ3n) is 3.68. The highest BCUT2D eigenvalue weighted by molar-refractivity contribution is 7.89. The van der Waals surface area contributed by atoms with Gasteiger partial charge >= 0.3 is 0 Å². The van der Waals surface area contributed by atoms with E-state index < -0.39 is 15.9 Å². The number of benzene rings is 2. The van der Waals surface area contributed by atoms with Crippen molar-refractivity contribution in [3.05, 3.63) is 59.7 Å². The number of hydrogen-bond acceptors (Lipinski definition) is 6. The Hall–Kier alpha value is -3.66. The highest BCUT2D eigenvalue weighted by atomic mass is 32.2. The molecule has 0 bridgehead atoms. The molecule has 0 heterocycles. The molecule has 0 atom stereocenters. The topological polar surface area (TPSA) is 146 Å². The molecule has 29 heavy (non-hydrogen) atoms. The number of sulfonamides is 1. The maximum atomic E-state index is 12.4. The van der Waals surface area contributed by atoms with E-state index in [1.807, 2.05) is 12.1 Å². The fourth-order valence-electron chi connectivity index (χ4n) is 2.28. The van der Waals surface area contributed by atoms with E-state index in [1.165, 1.54) is 30.3 Å². The Morgan fingerprint density at radius 1 is 1.17 bits per heavy atom. The number of primary sulfonamides is 1. The van der Waals surface area contributed by atoms with Crippen molar-refractivity contribution < 1.29 is 17.9 Å². The number of nitriles is 2. The molecule has 0 radical (unpaired) electrons. The Balaban J connectivity index is 2.10. The number of nitrogens with zero attached hydrogens (tertiary/aromatic N) is 2. The molecule has 9 heteroatoms. The van der Waals surface area contributed by atoms with Gasteiger partial charge in [-0.25, -0.2) is 13.6 Å². The van der Waals surface area contributed by atoms with E-state index in [1.54, 1.807) is 24.3 Å². The molecule has 0 fully saturated rings. The molecule has 0 unspecified atom stereocenters. The lowest BCUT2D eigenvalue weighted by atomic mass is 10.1. The number of anilines is 1. The third-order valence-corrected chi connectivity index (χ3v) is 4.61. The first kappa shape index (κ1) is 21.6. The fraction of sp³-hybridized carbons (Fsp3) is 0.150. The van der Waals surface area contributed by atoms with Gasteiger partial charge in [-0.15, -0.1) is 0 Å². The fourth-order valence-corrected chi connectivity index (χ4v) is 2.79. The van der Waals surface area contributed by atoms with Crippen LogP contribution >= 0.6 is 0 Å². The van der Waals surface area contributed by atoms with Gasteiger partial charge in [-0.1, -0.05) is 12.1 Å². The largest absolute Gasteiger partial charge is 0.494 e. The van der Waals surface area contributed by atoms with Gasteiger partial charge in [-0.3, -0.25) is 4.79 Å². The van der Waals surface area contributed by atoms with Gasteiger partial charge < -0.3 is 10.1 Å². The van der Waals surface area contributed by atoms with Crippen LogP contribution in [-0.4, -0.2) is 20.9 Å². The number of ether oxygens (including phenoxy) is 1. The summed E-state index contributed by atoms with van der Waals surface area (Å²) in [5, 5.41) is 25.4. The average molecular weight is 410 g/mol. The van der Waals surface area contributed by atoms with E-state index in [0.29, 0.717) is 36.4 Å². The van der Waals surface area contributed by atoms with E-state index in [2.05, 4.69) is 5.32 Å². The van der Waals surface area contributed by atoms with Crippen molar-refractivity contribution in [1.82, 2.24) is 0 Å². The molecule has 2 aromatic rings. The van der Waals surface area contributed by atoms with Gasteiger partial charge in [0.2, 0.25) is 10.0 Å². The molecule has 2 rings (SSSR count). The summed E-state index contributed by atoms with van der Waals surface area (Å²) in [6.07, 6.45) is 2.42. The minimum atomic E-state index is -3.83. The van der Waals surface area contributed by atoms with Crippen molar-refractivity contribution in [1.29, 1.82) is 10.5 Å². The molecule has 0 aliphatic carbocycles. The van der Waals surface area contributed by atoms with Crippen LogP contribution in [0.5, 0.6) is 5.75 Å². The Labute approximate surface area is 168 Å². The van der Waals surface area contributed by atoms with Crippen LogP contribution in [-0.2, 0) is 14.8 Å². The summed E-state index contributed by atoms with van der Waals surface area (Å²) < 4.78 is 28.1. The summed E-state index contributed by atoms with van der Waals surface area (Å²) in [7, 11) is -3.83. The zero-order chi connectivity index (χ0) is 21.3. The monoisotopic (exact) mass is 410 g/mol. The maximum Gasteiger partial charge on any atom is 0.266 e. The van der Waals surface area contributed by atoms with Gasteiger partial charge in [0.1, 0.15) is 17.4 Å². The van der Waals surface area contributed by atoms with Crippen molar-refractivity contribution >= 4 is 27.7 Å². The molecule has 0 aliphatic rings. The molecule has 8 nitrogen and oxygen atoms in total. The summed E-state index contributed by atoms with van der Waals surface area (Å²) >= 11 is 0.